The lowest BCUT2D eigenvalue weighted by atomic mass is 10.1. The Morgan fingerprint density at radius 2 is 1.79 bits per heavy atom. The molecule has 0 saturated carbocycles. The summed E-state index contributed by atoms with van der Waals surface area (Å²) >= 11 is 12.1. The van der Waals surface area contributed by atoms with E-state index in [0.717, 1.165) is 23.8 Å². The fourth-order valence-corrected chi connectivity index (χ4v) is 3.12. The summed E-state index contributed by atoms with van der Waals surface area (Å²) in [6.07, 6.45) is -3.28. The van der Waals surface area contributed by atoms with Gasteiger partial charge < -0.3 is 10.1 Å². The second-order valence-electron chi connectivity index (χ2n) is 6.81. The highest BCUT2D eigenvalue weighted by atomic mass is 35.5. The second kappa shape index (κ2) is 10.4. The van der Waals surface area contributed by atoms with Gasteiger partial charge in [-0.25, -0.2) is 0 Å². The lowest BCUT2D eigenvalue weighted by Gasteiger charge is -2.10. The number of amides is 1. The molecule has 1 amide bonds. The number of carbonyl (C=O) groups is 1. The maximum Gasteiger partial charge on any atom is 0.416 e. The van der Waals surface area contributed by atoms with Gasteiger partial charge in [-0.1, -0.05) is 47.5 Å². The van der Waals surface area contributed by atoms with Crippen LogP contribution in [0.3, 0.4) is 0 Å². The topological polar surface area (TPSA) is 62.1 Å². The van der Waals surface area contributed by atoms with E-state index in [1.165, 1.54) is 18.2 Å². The molecule has 0 saturated heterocycles. The Balaban J connectivity index is 1.71. The third kappa shape index (κ3) is 6.75. The van der Waals surface area contributed by atoms with E-state index in [0.29, 0.717) is 16.3 Å². The van der Waals surface area contributed by atoms with E-state index in [1.54, 1.807) is 30.3 Å². The first-order valence-electron chi connectivity index (χ1n) is 9.43. The van der Waals surface area contributed by atoms with Crippen LogP contribution in [-0.4, -0.2) is 5.91 Å². The van der Waals surface area contributed by atoms with Gasteiger partial charge in [0.25, 0.3) is 5.91 Å². The number of halogens is 5. The van der Waals surface area contributed by atoms with Crippen molar-refractivity contribution in [1.82, 2.24) is 0 Å². The van der Waals surface area contributed by atoms with E-state index in [2.05, 4.69) is 5.32 Å². The lowest BCUT2D eigenvalue weighted by molar-refractivity contribution is -0.137. The zero-order chi connectivity index (χ0) is 24.0. The molecule has 0 aliphatic heterocycles. The monoisotopic (exact) mass is 490 g/mol. The van der Waals surface area contributed by atoms with Crippen molar-refractivity contribution in [3.8, 4) is 11.8 Å². The minimum atomic E-state index is -4.55. The van der Waals surface area contributed by atoms with Crippen molar-refractivity contribution in [3.05, 3.63) is 99.0 Å². The van der Waals surface area contributed by atoms with E-state index < -0.39 is 17.6 Å². The number of nitrogens with zero attached hydrogens (tertiary/aromatic N) is 1. The molecule has 3 aromatic rings. The zero-order valence-electron chi connectivity index (χ0n) is 16.8. The molecule has 3 aromatic carbocycles. The fraction of sp³-hybridized carbons (Fsp3) is 0.0833. The van der Waals surface area contributed by atoms with Crippen molar-refractivity contribution >= 4 is 40.9 Å². The van der Waals surface area contributed by atoms with Gasteiger partial charge in [-0.3, -0.25) is 4.79 Å². The highest BCUT2D eigenvalue weighted by Gasteiger charge is 2.30. The predicted molar refractivity (Wildman–Crippen MR) is 121 cm³/mol. The lowest BCUT2D eigenvalue weighted by Crippen LogP contribution is -2.14. The van der Waals surface area contributed by atoms with E-state index in [9.17, 15) is 23.2 Å². The Bertz CT molecular complexity index is 1230. The number of nitrogens with one attached hydrogen (secondary N) is 1. The van der Waals surface area contributed by atoms with Crippen LogP contribution in [0.15, 0.2) is 72.3 Å². The molecular formula is C24H15Cl2F3N2O2. The molecule has 4 nitrogen and oxygen atoms in total. The van der Waals surface area contributed by atoms with E-state index in [-0.39, 0.29) is 22.9 Å². The number of anilines is 1. The van der Waals surface area contributed by atoms with Crippen molar-refractivity contribution in [2.75, 3.05) is 5.32 Å². The quantitative estimate of drug-likeness (QED) is 0.295. The van der Waals surface area contributed by atoms with Crippen LogP contribution >= 0.6 is 23.2 Å². The largest absolute Gasteiger partial charge is 0.487 e. The maximum absolute atomic E-state index is 12.9. The summed E-state index contributed by atoms with van der Waals surface area (Å²) in [5.41, 5.74) is 0.0223. The Kier molecular flexibility index (Phi) is 7.64. The standard InChI is InChI=1S/C24H15Cl2F3N2O2/c25-19-7-4-15(5-8-19)14-33-22-9-6-16(11-21(22)26)10-17(13-30)23(32)31-20-3-1-2-18(12-20)24(27,28)29/h1-12H,14H2,(H,31,32)/b17-10+. The Morgan fingerprint density at radius 3 is 2.42 bits per heavy atom. The third-order valence-corrected chi connectivity index (χ3v) is 4.93. The minimum Gasteiger partial charge on any atom is -0.487 e. The molecule has 0 spiro atoms. The number of hydrogen-bond donors (Lipinski definition) is 1. The molecule has 0 atom stereocenters. The van der Waals surface area contributed by atoms with Gasteiger partial charge in [-0.05, 0) is 59.7 Å². The normalized spacial score (nSPS) is 11.6. The van der Waals surface area contributed by atoms with Crippen LogP contribution in [0.2, 0.25) is 10.0 Å². The average Bonchev–Trinajstić information content (AvgIpc) is 2.77. The molecule has 0 aromatic heterocycles. The van der Waals surface area contributed by atoms with Crippen molar-refractivity contribution < 1.29 is 22.7 Å². The predicted octanol–water partition coefficient (Wildman–Crippen LogP) is 7.14. The summed E-state index contributed by atoms with van der Waals surface area (Å²) in [5, 5.41) is 12.5. The van der Waals surface area contributed by atoms with Crippen LogP contribution in [0.1, 0.15) is 16.7 Å². The number of hydrogen-bond acceptors (Lipinski definition) is 3. The molecule has 0 fully saturated rings. The molecule has 33 heavy (non-hydrogen) atoms. The first-order chi connectivity index (χ1) is 15.7. The van der Waals surface area contributed by atoms with Gasteiger partial charge in [0, 0.05) is 10.7 Å². The van der Waals surface area contributed by atoms with Gasteiger partial charge in [0.1, 0.15) is 24.0 Å². The van der Waals surface area contributed by atoms with Gasteiger partial charge in [0.2, 0.25) is 0 Å². The van der Waals surface area contributed by atoms with Gasteiger partial charge in [-0.2, -0.15) is 18.4 Å². The van der Waals surface area contributed by atoms with Crippen LogP contribution in [0.25, 0.3) is 6.08 Å². The summed E-state index contributed by atoms with van der Waals surface area (Å²) in [6.45, 7) is 0.259. The summed E-state index contributed by atoms with van der Waals surface area (Å²) < 4.78 is 44.2. The SMILES string of the molecule is N#C/C(=C\c1ccc(OCc2ccc(Cl)cc2)c(Cl)c1)C(=O)Nc1cccc(C(F)(F)F)c1. The van der Waals surface area contributed by atoms with E-state index in [1.807, 2.05) is 12.1 Å². The molecule has 1 N–H and O–H groups in total. The summed E-state index contributed by atoms with van der Waals surface area (Å²) in [7, 11) is 0. The number of nitriles is 1. The van der Waals surface area contributed by atoms with Crippen LogP contribution in [0.5, 0.6) is 5.75 Å². The maximum atomic E-state index is 12.9. The summed E-state index contributed by atoms with van der Waals surface area (Å²) in [4.78, 5) is 12.4. The number of alkyl halides is 3. The number of rotatable bonds is 6. The summed E-state index contributed by atoms with van der Waals surface area (Å²) in [5.74, 6) is -0.452. The van der Waals surface area contributed by atoms with Crippen LogP contribution in [0.4, 0.5) is 18.9 Å². The Morgan fingerprint density at radius 1 is 1.06 bits per heavy atom. The molecule has 0 heterocycles. The molecule has 0 aliphatic rings. The molecule has 168 valence electrons. The summed E-state index contributed by atoms with van der Waals surface area (Å²) in [6, 6.07) is 17.7. The van der Waals surface area contributed by atoms with Gasteiger partial charge in [-0.15, -0.1) is 0 Å². The van der Waals surface area contributed by atoms with E-state index in [4.69, 9.17) is 27.9 Å². The minimum absolute atomic E-state index is 0.0834. The van der Waals surface area contributed by atoms with Crippen LogP contribution in [-0.2, 0) is 17.6 Å². The molecule has 0 radical (unpaired) electrons. The van der Waals surface area contributed by atoms with E-state index >= 15 is 0 Å². The van der Waals surface area contributed by atoms with Gasteiger partial charge in [0.15, 0.2) is 0 Å². The molecule has 9 heteroatoms. The highest BCUT2D eigenvalue weighted by Crippen LogP contribution is 2.31. The second-order valence-corrected chi connectivity index (χ2v) is 7.65. The molecule has 0 unspecified atom stereocenters. The third-order valence-electron chi connectivity index (χ3n) is 4.39. The number of carbonyl (C=O) groups excluding carboxylic acids is 1. The average molecular weight is 491 g/mol. The smallest absolute Gasteiger partial charge is 0.416 e. The number of benzene rings is 3. The van der Waals surface area contributed by atoms with Gasteiger partial charge in [0.05, 0.1) is 10.6 Å². The number of ether oxygens (including phenoxy) is 1. The van der Waals surface area contributed by atoms with Crippen LogP contribution in [0, 0.1) is 11.3 Å². The van der Waals surface area contributed by atoms with Gasteiger partial charge >= 0.3 is 6.18 Å². The Hall–Kier alpha value is -3.47. The van der Waals surface area contributed by atoms with Crippen molar-refractivity contribution in [2.24, 2.45) is 0 Å². The highest BCUT2D eigenvalue weighted by molar-refractivity contribution is 6.32. The zero-order valence-corrected chi connectivity index (χ0v) is 18.3. The first-order valence-corrected chi connectivity index (χ1v) is 10.2. The van der Waals surface area contributed by atoms with Crippen molar-refractivity contribution in [1.29, 1.82) is 5.26 Å². The fourth-order valence-electron chi connectivity index (χ4n) is 2.75. The Labute approximate surface area is 197 Å². The molecule has 3 rings (SSSR count). The molecule has 0 aliphatic carbocycles. The molecule has 0 bridgehead atoms. The molecular weight excluding hydrogens is 476 g/mol. The van der Waals surface area contributed by atoms with Crippen LogP contribution < -0.4 is 10.1 Å². The first kappa shape index (κ1) is 24.2. The van der Waals surface area contributed by atoms with Crippen molar-refractivity contribution in [3.63, 3.8) is 0 Å². The van der Waals surface area contributed by atoms with Crippen molar-refractivity contribution in [2.45, 2.75) is 12.8 Å².